The maximum Gasteiger partial charge on any atom is 0.312 e. The van der Waals surface area contributed by atoms with E-state index in [-0.39, 0.29) is 23.9 Å². The fourth-order valence-electron chi connectivity index (χ4n) is 3.09. The minimum absolute atomic E-state index is 0.149. The first-order valence-corrected chi connectivity index (χ1v) is 9.09. The van der Waals surface area contributed by atoms with Crippen molar-refractivity contribution >= 4 is 23.6 Å². The summed E-state index contributed by atoms with van der Waals surface area (Å²) < 4.78 is 0. The molecule has 0 aliphatic carbocycles. The van der Waals surface area contributed by atoms with Gasteiger partial charge in [0.05, 0.1) is 0 Å². The molecule has 120 valence electrons. The number of hydrogen-bond acceptors (Lipinski definition) is 4. The molecule has 2 N–H and O–H groups in total. The molecule has 2 aliphatic heterocycles. The topological polar surface area (TPSA) is 66.6 Å². The van der Waals surface area contributed by atoms with Gasteiger partial charge in [-0.05, 0) is 44.8 Å². The summed E-state index contributed by atoms with van der Waals surface area (Å²) in [5.41, 5.74) is 5.92. The van der Waals surface area contributed by atoms with Crippen LogP contribution >= 0.6 is 11.8 Å². The molecule has 0 spiro atoms. The summed E-state index contributed by atoms with van der Waals surface area (Å²) in [6.07, 6.45) is 2.78. The van der Waals surface area contributed by atoms with E-state index >= 15 is 0 Å². The van der Waals surface area contributed by atoms with Gasteiger partial charge >= 0.3 is 11.8 Å². The largest absolute Gasteiger partial charge is 0.334 e. The van der Waals surface area contributed by atoms with E-state index in [1.165, 1.54) is 0 Å². The molecular formula is C15H27N3O2S. The Hall–Kier alpha value is -0.750. The number of nitrogens with two attached hydrogens (primary N) is 1. The predicted molar refractivity (Wildman–Crippen MR) is 86.1 cm³/mol. The van der Waals surface area contributed by atoms with Crippen LogP contribution in [0, 0.1) is 5.92 Å². The highest BCUT2D eigenvalue weighted by molar-refractivity contribution is 7.99. The Kier molecular flexibility index (Phi) is 5.93. The number of thioether (sulfide) groups is 1. The van der Waals surface area contributed by atoms with Gasteiger partial charge in [-0.3, -0.25) is 9.59 Å². The molecule has 0 aromatic carbocycles. The summed E-state index contributed by atoms with van der Waals surface area (Å²) in [4.78, 5) is 28.4. The maximum absolute atomic E-state index is 12.5. The molecule has 0 aromatic heterocycles. The highest BCUT2D eigenvalue weighted by Gasteiger charge is 2.33. The Balaban J connectivity index is 1.92. The van der Waals surface area contributed by atoms with Crippen molar-refractivity contribution in [2.45, 2.75) is 45.2 Å². The van der Waals surface area contributed by atoms with E-state index in [1.54, 1.807) is 9.80 Å². The SMILES string of the molecule is CC1CSCCCN1C(=O)C(=O)N1CCC([C@H](C)N)CC1. The van der Waals surface area contributed by atoms with Crippen LogP contribution in [0.4, 0.5) is 0 Å². The lowest BCUT2D eigenvalue weighted by molar-refractivity contribution is -0.153. The molecule has 0 saturated carbocycles. The van der Waals surface area contributed by atoms with Gasteiger partial charge < -0.3 is 15.5 Å². The van der Waals surface area contributed by atoms with E-state index in [1.807, 2.05) is 25.6 Å². The average Bonchev–Trinajstić information content (AvgIpc) is 2.70. The lowest BCUT2D eigenvalue weighted by atomic mass is 9.91. The maximum atomic E-state index is 12.5. The van der Waals surface area contributed by atoms with Gasteiger partial charge in [-0.15, -0.1) is 0 Å². The monoisotopic (exact) mass is 313 g/mol. The third-order valence-corrected chi connectivity index (χ3v) is 5.89. The van der Waals surface area contributed by atoms with Gasteiger partial charge in [0.15, 0.2) is 0 Å². The average molecular weight is 313 g/mol. The molecule has 21 heavy (non-hydrogen) atoms. The smallest absolute Gasteiger partial charge is 0.312 e. The molecule has 2 saturated heterocycles. The van der Waals surface area contributed by atoms with Crippen LogP contribution in [-0.4, -0.2) is 64.8 Å². The fourth-order valence-corrected chi connectivity index (χ4v) is 4.11. The van der Waals surface area contributed by atoms with Crippen LogP contribution in [0.15, 0.2) is 0 Å². The first-order valence-electron chi connectivity index (χ1n) is 7.94. The first-order chi connectivity index (χ1) is 10.0. The number of rotatable bonds is 1. The molecule has 2 fully saturated rings. The molecule has 2 aliphatic rings. The van der Waals surface area contributed by atoms with Crippen molar-refractivity contribution in [2.75, 3.05) is 31.1 Å². The molecule has 0 radical (unpaired) electrons. The van der Waals surface area contributed by atoms with Gasteiger partial charge in [0.25, 0.3) is 0 Å². The lowest BCUT2D eigenvalue weighted by Gasteiger charge is -2.35. The number of piperidine rings is 1. The van der Waals surface area contributed by atoms with Gasteiger partial charge in [0, 0.05) is 37.5 Å². The van der Waals surface area contributed by atoms with Crippen molar-refractivity contribution in [3.8, 4) is 0 Å². The molecule has 2 rings (SSSR count). The quantitative estimate of drug-likeness (QED) is 0.731. The zero-order chi connectivity index (χ0) is 15.4. The molecule has 2 amide bonds. The van der Waals surface area contributed by atoms with Crippen LogP contribution in [0.5, 0.6) is 0 Å². The number of hydrogen-bond donors (Lipinski definition) is 1. The first kappa shape index (κ1) is 16.6. The van der Waals surface area contributed by atoms with Crippen LogP contribution in [0.1, 0.15) is 33.1 Å². The molecular weight excluding hydrogens is 286 g/mol. The fraction of sp³-hybridized carbons (Fsp3) is 0.867. The van der Waals surface area contributed by atoms with Crippen molar-refractivity contribution in [1.82, 2.24) is 9.80 Å². The minimum Gasteiger partial charge on any atom is -0.334 e. The van der Waals surface area contributed by atoms with Gasteiger partial charge in [-0.25, -0.2) is 0 Å². The van der Waals surface area contributed by atoms with Crippen molar-refractivity contribution < 1.29 is 9.59 Å². The van der Waals surface area contributed by atoms with E-state index in [0.717, 1.165) is 30.8 Å². The minimum atomic E-state index is -0.322. The predicted octanol–water partition coefficient (Wildman–Crippen LogP) is 0.926. The van der Waals surface area contributed by atoms with Crippen LogP contribution in [0.25, 0.3) is 0 Å². The summed E-state index contributed by atoms with van der Waals surface area (Å²) in [5.74, 6) is 1.83. The zero-order valence-electron chi connectivity index (χ0n) is 13.1. The van der Waals surface area contributed by atoms with E-state index < -0.39 is 0 Å². The molecule has 0 bridgehead atoms. The Morgan fingerprint density at radius 3 is 2.48 bits per heavy atom. The van der Waals surface area contributed by atoms with Crippen molar-refractivity contribution in [1.29, 1.82) is 0 Å². The Morgan fingerprint density at radius 1 is 1.19 bits per heavy atom. The summed E-state index contributed by atoms with van der Waals surface area (Å²) in [7, 11) is 0. The van der Waals surface area contributed by atoms with Crippen LogP contribution < -0.4 is 5.73 Å². The summed E-state index contributed by atoms with van der Waals surface area (Å²) in [6.45, 7) is 6.08. The second kappa shape index (κ2) is 7.49. The molecule has 1 unspecified atom stereocenters. The van der Waals surface area contributed by atoms with E-state index in [0.29, 0.717) is 25.6 Å². The molecule has 5 nitrogen and oxygen atoms in total. The normalized spacial score (nSPS) is 26.3. The molecule has 0 aromatic rings. The number of likely N-dealkylation sites (tertiary alicyclic amines) is 1. The lowest BCUT2D eigenvalue weighted by Crippen LogP contribution is -2.51. The summed E-state index contributed by atoms with van der Waals surface area (Å²) in [5, 5.41) is 0. The third-order valence-electron chi connectivity index (χ3n) is 4.59. The van der Waals surface area contributed by atoms with E-state index in [9.17, 15) is 9.59 Å². The molecule has 2 atom stereocenters. The summed E-state index contributed by atoms with van der Waals surface area (Å²) in [6, 6.07) is 0.316. The number of amides is 2. The van der Waals surface area contributed by atoms with Gasteiger partial charge in [0.2, 0.25) is 0 Å². The Morgan fingerprint density at radius 2 is 1.86 bits per heavy atom. The number of nitrogens with zero attached hydrogens (tertiary/aromatic N) is 2. The van der Waals surface area contributed by atoms with Crippen molar-refractivity contribution in [2.24, 2.45) is 11.7 Å². The van der Waals surface area contributed by atoms with E-state index in [4.69, 9.17) is 5.73 Å². The standard InChI is InChI=1S/C15H27N3O2S/c1-11-10-21-9-3-6-18(11)15(20)14(19)17-7-4-13(5-8-17)12(2)16/h11-13H,3-10,16H2,1-2H3/t11?,12-/m0/s1. The highest BCUT2D eigenvalue weighted by Crippen LogP contribution is 2.21. The van der Waals surface area contributed by atoms with Crippen LogP contribution in [0.2, 0.25) is 0 Å². The van der Waals surface area contributed by atoms with Crippen molar-refractivity contribution in [3.05, 3.63) is 0 Å². The zero-order valence-corrected chi connectivity index (χ0v) is 13.9. The van der Waals surface area contributed by atoms with E-state index in [2.05, 4.69) is 0 Å². The summed E-state index contributed by atoms with van der Waals surface area (Å²) >= 11 is 1.86. The molecule has 2 heterocycles. The van der Waals surface area contributed by atoms with Gasteiger partial charge in [0.1, 0.15) is 0 Å². The number of carbonyl (C=O) groups excluding carboxylic acids is 2. The third kappa shape index (κ3) is 4.13. The van der Waals surface area contributed by atoms with Gasteiger partial charge in [-0.2, -0.15) is 11.8 Å². The van der Waals surface area contributed by atoms with Crippen LogP contribution in [0.3, 0.4) is 0 Å². The Bertz CT molecular complexity index is 381. The Labute approximate surface area is 131 Å². The van der Waals surface area contributed by atoms with Crippen molar-refractivity contribution in [3.63, 3.8) is 0 Å². The van der Waals surface area contributed by atoms with Gasteiger partial charge in [-0.1, -0.05) is 0 Å². The number of carbonyl (C=O) groups is 2. The van der Waals surface area contributed by atoms with Crippen LogP contribution in [-0.2, 0) is 9.59 Å². The highest BCUT2D eigenvalue weighted by atomic mass is 32.2. The second-order valence-corrected chi connectivity index (χ2v) is 7.41. The molecule has 6 heteroatoms. The second-order valence-electron chi connectivity index (χ2n) is 6.26.